The molecule has 1 spiro atoms. The van der Waals surface area contributed by atoms with E-state index in [9.17, 15) is 56.2 Å². The van der Waals surface area contributed by atoms with E-state index in [-0.39, 0.29) is 44.8 Å². The Hall–Kier alpha value is -0.980. The molecule has 0 unspecified atom stereocenters. The van der Waals surface area contributed by atoms with Crippen molar-refractivity contribution in [1.29, 1.82) is 0 Å². The standard InChI is InChI=1S/C48H78O18/c1-8-47(59)26-9-13-44(6)25(10-14-48-27-17-42(3,4)15-16-46(27,21-61-48)28(50)18-45(44,48)7)43(26,5)12-11-29(47)65-41-36(57)33(54)31(52)24(64-41)20-60-39-37(58)34(55)38(23(19-49)63-39)66-40-35(56)32(53)30(51)22(2)62-40/h10,14,22-41,49-59H,8-9,11-13,15-21H2,1-7H3/t22-,23+,24+,25-,26-,27+,28-,29-,30-,31+,32+,33-,34+,35+,36-,37+,38+,39+,40+,41-,43+,44-,45-,46-,47+,48-/m1/s1. The minimum atomic E-state index is -1.82. The molecule has 0 amide bonds. The fourth-order valence-electron chi connectivity index (χ4n) is 15.6. The van der Waals surface area contributed by atoms with E-state index < -0.39 is 129 Å². The van der Waals surface area contributed by atoms with Crippen molar-refractivity contribution >= 4 is 0 Å². The molecule has 9 aliphatic rings. The second-order valence-corrected chi connectivity index (χ2v) is 23.5. The van der Waals surface area contributed by atoms with E-state index in [0.717, 1.165) is 25.7 Å². The smallest absolute Gasteiger partial charge is 0.187 e. The van der Waals surface area contributed by atoms with Crippen LogP contribution >= 0.6 is 0 Å². The quantitative estimate of drug-likeness (QED) is 0.105. The lowest BCUT2D eigenvalue weighted by molar-refractivity contribution is -0.366. The average molecular weight is 943 g/mol. The summed E-state index contributed by atoms with van der Waals surface area (Å²) in [5.41, 5.74) is -2.99. The van der Waals surface area contributed by atoms with Gasteiger partial charge in [-0.05, 0) is 92.8 Å². The van der Waals surface area contributed by atoms with Gasteiger partial charge in [0.1, 0.15) is 67.1 Å². The van der Waals surface area contributed by atoms with Gasteiger partial charge in [-0.1, -0.05) is 53.7 Å². The van der Waals surface area contributed by atoms with Crippen molar-refractivity contribution in [2.45, 2.75) is 222 Å². The maximum atomic E-state index is 12.9. The lowest BCUT2D eigenvalue weighted by Gasteiger charge is -2.73. The minimum Gasteiger partial charge on any atom is -0.394 e. The summed E-state index contributed by atoms with van der Waals surface area (Å²) in [4.78, 5) is 0. The highest BCUT2D eigenvalue weighted by atomic mass is 16.8. The van der Waals surface area contributed by atoms with Gasteiger partial charge in [-0.25, -0.2) is 0 Å². The fraction of sp³-hybridized carbons (Fsp3) is 0.958. The van der Waals surface area contributed by atoms with Crippen molar-refractivity contribution in [3.05, 3.63) is 12.2 Å². The third-order valence-corrected chi connectivity index (χ3v) is 19.9. The normalized spacial score (nSPS) is 58.8. The van der Waals surface area contributed by atoms with Crippen molar-refractivity contribution in [1.82, 2.24) is 0 Å². The molecule has 66 heavy (non-hydrogen) atoms. The summed E-state index contributed by atoms with van der Waals surface area (Å²) < 4.78 is 42.4. The first-order valence-electron chi connectivity index (χ1n) is 24.6. The Labute approximate surface area is 387 Å². The molecule has 0 aromatic heterocycles. The van der Waals surface area contributed by atoms with Crippen LogP contribution in [0.1, 0.15) is 106 Å². The van der Waals surface area contributed by atoms with E-state index in [1.807, 2.05) is 6.92 Å². The molecule has 2 bridgehead atoms. The number of allylic oxidation sites excluding steroid dienone is 1. The van der Waals surface area contributed by atoms with Crippen molar-refractivity contribution in [2.24, 2.45) is 44.8 Å². The predicted octanol–water partition coefficient (Wildman–Crippen LogP) is -0.256. The number of rotatable bonds is 9. The molecular formula is C48H78O18. The molecule has 4 saturated heterocycles. The van der Waals surface area contributed by atoms with E-state index in [0.29, 0.717) is 38.7 Å². The van der Waals surface area contributed by atoms with Crippen LogP contribution in [0.5, 0.6) is 0 Å². The van der Waals surface area contributed by atoms with E-state index in [2.05, 4.69) is 46.8 Å². The maximum Gasteiger partial charge on any atom is 0.187 e. The molecule has 4 aliphatic heterocycles. The van der Waals surface area contributed by atoms with Crippen LogP contribution in [-0.2, 0) is 33.2 Å². The highest BCUT2D eigenvalue weighted by Gasteiger charge is 2.79. The number of fused-ring (bicyclic) bond motifs is 4. The Morgan fingerprint density at radius 1 is 0.667 bits per heavy atom. The first-order chi connectivity index (χ1) is 30.9. The number of ether oxygens (including phenoxy) is 7. The molecule has 5 aliphatic carbocycles. The summed E-state index contributed by atoms with van der Waals surface area (Å²) in [6.07, 6.45) is -13.4. The molecular weight excluding hydrogens is 865 g/mol. The largest absolute Gasteiger partial charge is 0.394 e. The number of hydrogen-bond acceptors (Lipinski definition) is 18. The Bertz CT molecular complexity index is 1800. The molecule has 11 N–H and O–H groups in total. The van der Waals surface area contributed by atoms with Crippen molar-refractivity contribution in [3.8, 4) is 0 Å². The predicted molar refractivity (Wildman–Crippen MR) is 230 cm³/mol. The Kier molecular flexibility index (Phi) is 12.9. The Balaban J connectivity index is 0.888. The second kappa shape index (κ2) is 17.1. The van der Waals surface area contributed by atoms with Gasteiger partial charge in [0.15, 0.2) is 18.9 Å². The van der Waals surface area contributed by atoms with E-state index >= 15 is 0 Å². The van der Waals surface area contributed by atoms with Gasteiger partial charge >= 0.3 is 0 Å². The van der Waals surface area contributed by atoms with E-state index in [4.69, 9.17) is 33.2 Å². The van der Waals surface area contributed by atoms with Crippen LogP contribution in [0, 0.1) is 44.8 Å². The SMILES string of the molecule is CC[C@]1(O)[C@@H]2CC[C@]3(C)[C@H](C=C[C@@]45OC[C@@]6(CCC(C)(C)C[C@@H]64)[C@H](O)C[C@]35C)[C@]2(C)CC[C@H]1O[C@H]1O[C@@H](CO[C@H]2O[C@@H](CO)[C@H](O[C@@H]3O[C@H](C)[C@@H](O)[C@H](O)[C@@H]3O)[C@@H](O)[C@@H]2O)[C@H](O)[C@@H](O)[C@H]1O. The molecule has 18 heteroatoms. The van der Waals surface area contributed by atoms with Crippen molar-refractivity contribution in [2.75, 3.05) is 19.8 Å². The molecule has 4 saturated carbocycles. The summed E-state index contributed by atoms with van der Waals surface area (Å²) in [5.74, 6) is 0.0250. The lowest BCUT2D eigenvalue weighted by Crippen LogP contribution is -2.73. The molecule has 8 fully saturated rings. The van der Waals surface area contributed by atoms with Crippen LogP contribution in [0.25, 0.3) is 0 Å². The topological polar surface area (TPSA) is 287 Å². The lowest BCUT2D eigenvalue weighted by atomic mass is 9.32. The number of hydrogen-bond donors (Lipinski definition) is 11. The van der Waals surface area contributed by atoms with Crippen LogP contribution < -0.4 is 0 Å². The first-order valence-corrected chi connectivity index (χ1v) is 24.6. The van der Waals surface area contributed by atoms with E-state index in [1.165, 1.54) is 6.92 Å². The Morgan fingerprint density at radius 2 is 1.32 bits per heavy atom. The van der Waals surface area contributed by atoms with Gasteiger partial charge in [-0.2, -0.15) is 0 Å². The Morgan fingerprint density at radius 3 is 2.00 bits per heavy atom. The fourth-order valence-corrected chi connectivity index (χ4v) is 15.6. The van der Waals surface area contributed by atoms with Gasteiger partial charge in [0.25, 0.3) is 0 Å². The zero-order valence-corrected chi connectivity index (χ0v) is 39.5. The number of aliphatic hydroxyl groups is 11. The minimum absolute atomic E-state index is 0.0508. The zero-order chi connectivity index (χ0) is 47.9. The summed E-state index contributed by atoms with van der Waals surface area (Å²) >= 11 is 0. The zero-order valence-electron chi connectivity index (χ0n) is 39.5. The van der Waals surface area contributed by atoms with Gasteiger partial charge in [0.2, 0.25) is 0 Å². The van der Waals surface area contributed by atoms with Crippen LogP contribution in [-0.4, -0.2) is 192 Å². The van der Waals surface area contributed by atoms with E-state index in [1.54, 1.807) is 0 Å². The molecule has 26 atom stereocenters. The monoisotopic (exact) mass is 943 g/mol. The summed E-state index contributed by atoms with van der Waals surface area (Å²) in [7, 11) is 0. The molecule has 0 radical (unpaired) electrons. The molecule has 18 nitrogen and oxygen atoms in total. The second-order valence-electron chi connectivity index (χ2n) is 23.5. The third-order valence-electron chi connectivity index (χ3n) is 19.9. The molecule has 378 valence electrons. The van der Waals surface area contributed by atoms with Crippen molar-refractivity contribution in [3.63, 3.8) is 0 Å². The van der Waals surface area contributed by atoms with Gasteiger partial charge in [0.05, 0.1) is 49.3 Å². The first kappa shape index (κ1) is 50.0. The van der Waals surface area contributed by atoms with Crippen LogP contribution in [0.3, 0.4) is 0 Å². The molecule has 4 heterocycles. The maximum absolute atomic E-state index is 12.9. The van der Waals surface area contributed by atoms with Crippen LogP contribution in [0.4, 0.5) is 0 Å². The third kappa shape index (κ3) is 7.08. The van der Waals surface area contributed by atoms with Crippen LogP contribution in [0.15, 0.2) is 12.2 Å². The average Bonchev–Trinajstić information content (AvgIpc) is 3.55. The summed E-state index contributed by atoms with van der Waals surface area (Å²) in [5, 5.41) is 122. The van der Waals surface area contributed by atoms with Gasteiger partial charge in [-0.15, -0.1) is 0 Å². The summed E-state index contributed by atoms with van der Waals surface area (Å²) in [6, 6.07) is 0. The summed E-state index contributed by atoms with van der Waals surface area (Å²) in [6.45, 7) is 14.3. The van der Waals surface area contributed by atoms with Gasteiger partial charge < -0.3 is 89.3 Å². The van der Waals surface area contributed by atoms with Crippen molar-refractivity contribution < 1.29 is 89.3 Å². The van der Waals surface area contributed by atoms with Crippen LogP contribution in [0.2, 0.25) is 0 Å². The molecule has 0 aromatic carbocycles. The number of aliphatic hydroxyl groups excluding tert-OH is 10. The van der Waals surface area contributed by atoms with Gasteiger partial charge in [0, 0.05) is 16.7 Å². The molecule has 9 rings (SSSR count). The molecule has 0 aromatic rings. The highest BCUT2D eigenvalue weighted by molar-refractivity contribution is 5.36. The van der Waals surface area contributed by atoms with Gasteiger partial charge in [-0.3, -0.25) is 0 Å². The highest BCUT2D eigenvalue weighted by Crippen LogP contribution is 2.79.